The molecule has 1 unspecified atom stereocenters. The molecule has 0 aliphatic carbocycles. The first-order chi connectivity index (χ1) is 19.7. The van der Waals surface area contributed by atoms with Crippen molar-refractivity contribution < 1.29 is 32.2 Å². The first kappa shape index (κ1) is 29.3. The Hall–Kier alpha value is -4.72. The Labute approximate surface area is 231 Å². The number of aromatic amines is 1. The lowest BCUT2D eigenvalue weighted by molar-refractivity contribution is -0.209. The smallest absolute Gasteiger partial charge is 0.425 e. The van der Waals surface area contributed by atoms with Gasteiger partial charge in [-0.25, -0.2) is 9.78 Å². The van der Waals surface area contributed by atoms with Gasteiger partial charge in [0.2, 0.25) is 0 Å². The molecular formula is C27H27F3N6O5. The predicted molar refractivity (Wildman–Crippen MR) is 143 cm³/mol. The minimum Gasteiger partial charge on any atom is -0.425 e. The Morgan fingerprint density at radius 2 is 1.93 bits per heavy atom. The molecule has 0 bridgehead atoms. The third-order valence-corrected chi connectivity index (χ3v) is 5.87. The topological polar surface area (TPSA) is 140 Å². The zero-order chi connectivity index (χ0) is 29.4. The van der Waals surface area contributed by atoms with Crippen molar-refractivity contribution in [3.8, 4) is 11.3 Å². The van der Waals surface area contributed by atoms with E-state index >= 15 is 0 Å². The van der Waals surface area contributed by atoms with Crippen LogP contribution in [0, 0.1) is 0 Å². The number of carbonyl (C=O) groups is 2. The lowest BCUT2D eigenvalue weighted by Gasteiger charge is -2.23. The number of benzene rings is 1. The number of rotatable bonds is 12. The summed E-state index contributed by atoms with van der Waals surface area (Å²) >= 11 is 0. The Morgan fingerprint density at radius 3 is 2.63 bits per heavy atom. The zero-order valence-electron chi connectivity index (χ0n) is 21.9. The summed E-state index contributed by atoms with van der Waals surface area (Å²) in [7, 11) is 0. The summed E-state index contributed by atoms with van der Waals surface area (Å²) in [5.74, 6) is -4.04. The number of halogens is 3. The molecule has 0 aliphatic rings. The molecule has 11 nitrogen and oxygen atoms in total. The Bertz CT molecular complexity index is 1520. The first-order valence-electron chi connectivity index (χ1n) is 12.6. The van der Waals surface area contributed by atoms with Crippen molar-refractivity contribution >= 4 is 28.6 Å². The maximum absolute atomic E-state index is 13.6. The standard InChI is InChI=1S/C27H27F3N6O5/c1-2-40-12-6-10-32-22-24(38)36(21(16-33-22)17-7-4-3-5-8-17)25(41-26(39)27(28,29)30)23(37)34-15-19-13-18-14-31-11-9-20(18)35-19/h3-5,7-9,11,13-14,16,25,35H,2,6,10,12,15H2,1H3,(H,32,33)(H,34,37). The molecule has 3 heterocycles. The van der Waals surface area contributed by atoms with E-state index in [0.717, 1.165) is 10.9 Å². The monoisotopic (exact) mass is 572 g/mol. The van der Waals surface area contributed by atoms with Gasteiger partial charge in [0.1, 0.15) is 0 Å². The minimum absolute atomic E-state index is 0.0396. The van der Waals surface area contributed by atoms with Gasteiger partial charge in [-0.2, -0.15) is 13.2 Å². The van der Waals surface area contributed by atoms with Crippen LogP contribution in [0.3, 0.4) is 0 Å². The van der Waals surface area contributed by atoms with Crippen molar-refractivity contribution in [1.29, 1.82) is 0 Å². The summed E-state index contributed by atoms with van der Waals surface area (Å²) in [5.41, 5.74) is 0.575. The van der Waals surface area contributed by atoms with E-state index in [1.54, 1.807) is 54.9 Å². The van der Waals surface area contributed by atoms with Crippen molar-refractivity contribution in [3.63, 3.8) is 0 Å². The van der Waals surface area contributed by atoms with Crippen molar-refractivity contribution in [3.05, 3.63) is 77.1 Å². The average molecular weight is 573 g/mol. The highest BCUT2D eigenvalue weighted by Gasteiger charge is 2.44. The van der Waals surface area contributed by atoms with E-state index < -0.39 is 29.8 Å². The number of nitrogens with zero attached hydrogens (tertiary/aromatic N) is 3. The van der Waals surface area contributed by atoms with Crippen molar-refractivity contribution in [2.24, 2.45) is 0 Å². The van der Waals surface area contributed by atoms with Crippen LogP contribution in [0.4, 0.5) is 19.0 Å². The van der Waals surface area contributed by atoms with Gasteiger partial charge in [-0.3, -0.25) is 19.1 Å². The van der Waals surface area contributed by atoms with Crippen LogP contribution in [0.15, 0.2) is 65.8 Å². The third-order valence-electron chi connectivity index (χ3n) is 5.87. The van der Waals surface area contributed by atoms with Crippen LogP contribution in [0.5, 0.6) is 0 Å². The second-order valence-electron chi connectivity index (χ2n) is 8.74. The van der Waals surface area contributed by atoms with Gasteiger partial charge in [0.05, 0.1) is 18.4 Å². The fraction of sp³-hybridized carbons (Fsp3) is 0.296. The lowest BCUT2D eigenvalue weighted by atomic mass is 10.1. The largest absolute Gasteiger partial charge is 0.491 e. The number of H-pyrrole nitrogens is 1. The van der Waals surface area contributed by atoms with Crippen LogP contribution in [-0.2, 0) is 25.6 Å². The average Bonchev–Trinajstić information content (AvgIpc) is 3.38. The van der Waals surface area contributed by atoms with Crippen LogP contribution in [-0.4, -0.2) is 57.3 Å². The Kier molecular flexibility index (Phi) is 9.34. The molecule has 41 heavy (non-hydrogen) atoms. The fourth-order valence-corrected chi connectivity index (χ4v) is 3.96. The van der Waals surface area contributed by atoms with Gasteiger partial charge in [0.15, 0.2) is 5.82 Å². The number of esters is 1. The molecule has 0 saturated heterocycles. The van der Waals surface area contributed by atoms with Crippen molar-refractivity contribution in [1.82, 2.24) is 24.8 Å². The molecule has 3 N–H and O–H groups in total. The van der Waals surface area contributed by atoms with E-state index in [9.17, 15) is 27.6 Å². The number of anilines is 1. The Morgan fingerprint density at radius 1 is 1.15 bits per heavy atom. The maximum atomic E-state index is 13.6. The highest BCUT2D eigenvalue weighted by Crippen LogP contribution is 2.26. The van der Waals surface area contributed by atoms with E-state index in [-0.39, 0.29) is 24.6 Å². The molecule has 4 rings (SSSR count). The van der Waals surface area contributed by atoms with Gasteiger partial charge < -0.3 is 25.1 Å². The minimum atomic E-state index is -5.42. The van der Waals surface area contributed by atoms with Crippen molar-refractivity contribution in [2.45, 2.75) is 32.3 Å². The van der Waals surface area contributed by atoms with Gasteiger partial charge in [0, 0.05) is 48.7 Å². The van der Waals surface area contributed by atoms with E-state index in [2.05, 4.69) is 30.3 Å². The molecule has 0 fully saturated rings. The predicted octanol–water partition coefficient (Wildman–Crippen LogP) is 3.55. The highest BCUT2D eigenvalue weighted by molar-refractivity contribution is 5.85. The molecule has 0 spiro atoms. The third kappa shape index (κ3) is 7.28. The summed E-state index contributed by atoms with van der Waals surface area (Å²) in [5, 5.41) is 6.01. The molecule has 0 radical (unpaired) electrons. The summed E-state index contributed by atoms with van der Waals surface area (Å²) < 4.78 is 50.5. The zero-order valence-corrected chi connectivity index (χ0v) is 21.9. The molecule has 1 atom stereocenters. The maximum Gasteiger partial charge on any atom is 0.491 e. The van der Waals surface area contributed by atoms with Crippen LogP contribution < -0.4 is 16.2 Å². The number of hydrogen-bond acceptors (Lipinski definition) is 8. The molecule has 3 aromatic heterocycles. The second kappa shape index (κ2) is 13.1. The molecule has 216 valence electrons. The van der Waals surface area contributed by atoms with E-state index in [1.807, 2.05) is 6.92 Å². The van der Waals surface area contributed by atoms with Gasteiger partial charge in [0.25, 0.3) is 17.7 Å². The van der Waals surface area contributed by atoms with Gasteiger partial charge in [-0.05, 0) is 31.0 Å². The fourth-order valence-electron chi connectivity index (χ4n) is 3.96. The quantitative estimate of drug-likeness (QED) is 0.173. The molecule has 14 heteroatoms. The molecule has 1 aromatic carbocycles. The summed E-state index contributed by atoms with van der Waals surface area (Å²) in [6.07, 6.45) is -2.86. The van der Waals surface area contributed by atoms with Gasteiger partial charge in [-0.1, -0.05) is 30.3 Å². The van der Waals surface area contributed by atoms with Crippen LogP contribution in [0.25, 0.3) is 22.2 Å². The number of aromatic nitrogens is 4. The van der Waals surface area contributed by atoms with Crippen LogP contribution in [0.1, 0.15) is 25.3 Å². The number of fused-ring (bicyclic) bond motifs is 1. The molecule has 0 aliphatic heterocycles. The van der Waals surface area contributed by atoms with Gasteiger partial charge >= 0.3 is 12.1 Å². The lowest BCUT2D eigenvalue weighted by Crippen LogP contribution is -2.43. The number of amides is 1. The van der Waals surface area contributed by atoms with Crippen LogP contribution >= 0.6 is 0 Å². The van der Waals surface area contributed by atoms with Crippen molar-refractivity contribution in [2.75, 3.05) is 25.1 Å². The van der Waals surface area contributed by atoms with Gasteiger partial charge in [-0.15, -0.1) is 0 Å². The second-order valence-corrected chi connectivity index (χ2v) is 8.74. The summed E-state index contributed by atoms with van der Waals surface area (Å²) in [6, 6.07) is 11.5. The van der Waals surface area contributed by atoms with E-state index in [4.69, 9.17) is 4.74 Å². The number of carbonyl (C=O) groups excluding carboxylic acids is 2. The number of ether oxygens (including phenoxy) is 2. The summed E-state index contributed by atoms with van der Waals surface area (Å²) in [6.45, 7) is 2.82. The molecule has 4 aromatic rings. The van der Waals surface area contributed by atoms with E-state index in [0.29, 0.717) is 35.5 Å². The van der Waals surface area contributed by atoms with Crippen LogP contribution in [0.2, 0.25) is 0 Å². The number of hydrogen-bond donors (Lipinski definition) is 3. The highest BCUT2D eigenvalue weighted by atomic mass is 19.4. The summed E-state index contributed by atoms with van der Waals surface area (Å²) in [4.78, 5) is 50.1. The normalized spacial score (nSPS) is 12.2. The molecular weight excluding hydrogens is 545 g/mol. The Balaban J connectivity index is 1.71. The number of pyridine rings is 1. The SMILES string of the molecule is CCOCCCNc1ncc(-c2ccccc2)n(C(OC(=O)C(F)(F)F)C(=O)NCc2cc3cnccc3[nH]2)c1=O. The number of alkyl halides is 3. The number of nitrogens with one attached hydrogen (secondary N) is 3. The molecule has 0 saturated carbocycles. The molecule has 1 amide bonds. The first-order valence-corrected chi connectivity index (χ1v) is 12.6. The van der Waals surface area contributed by atoms with E-state index in [1.165, 1.54) is 6.20 Å².